The van der Waals surface area contributed by atoms with Crippen molar-refractivity contribution in [2.45, 2.75) is 26.4 Å². The topological polar surface area (TPSA) is 76.8 Å². The normalized spacial score (nSPS) is 19.5. The van der Waals surface area contributed by atoms with E-state index in [2.05, 4.69) is 18.8 Å². The molecule has 1 fully saturated rings. The summed E-state index contributed by atoms with van der Waals surface area (Å²) in [7, 11) is 0. The molecule has 0 saturated carbocycles. The Morgan fingerprint density at radius 2 is 2.17 bits per heavy atom. The van der Waals surface area contributed by atoms with Gasteiger partial charge in [-0.15, -0.1) is 0 Å². The van der Waals surface area contributed by atoms with E-state index in [-0.39, 0.29) is 23.8 Å². The standard InChI is InChI=1S/C17H19N3O4/c1-10(2)13-9-24-17(22)20(13)15-8-19-5-6-23-14-7-11(21)3-4-12(14)16(19)18-15/h3-4,7-8,10,13,21H,5-6,9H2,1-2H3/t13-/m0/s1. The number of nitrogens with zero attached hydrogens (tertiary/aromatic N) is 3. The van der Waals surface area contributed by atoms with E-state index in [1.807, 2.05) is 10.8 Å². The fraction of sp³-hybridized carbons (Fsp3) is 0.412. The number of imidazole rings is 1. The fourth-order valence-corrected chi connectivity index (χ4v) is 3.16. The van der Waals surface area contributed by atoms with Crippen LogP contribution in [-0.4, -0.2) is 40.0 Å². The lowest BCUT2D eigenvalue weighted by atomic mass is 10.1. The fourth-order valence-electron chi connectivity index (χ4n) is 3.16. The van der Waals surface area contributed by atoms with E-state index in [9.17, 15) is 9.90 Å². The second-order valence-corrected chi connectivity index (χ2v) is 6.40. The molecule has 1 aromatic carbocycles. The first-order valence-corrected chi connectivity index (χ1v) is 8.04. The predicted octanol–water partition coefficient (Wildman–Crippen LogP) is 2.63. The number of benzene rings is 1. The Kier molecular flexibility index (Phi) is 3.37. The molecule has 3 heterocycles. The highest BCUT2D eigenvalue weighted by Crippen LogP contribution is 2.37. The summed E-state index contributed by atoms with van der Waals surface area (Å²) in [6.07, 6.45) is 1.51. The highest BCUT2D eigenvalue weighted by molar-refractivity contribution is 5.89. The second-order valence-electron chi connectivity index (χ2n) is 6.40. The van der Waals surface area contributed by atoms with E-state index in [1.54, 1.807) is 23.1 Å². The van der Waals surface area contributed by atoms with E-state index in [4.69, 9.17) is 9.47 Å². The molecule has 24 heavy (non-hydrogen) atoms. The maximum absolute atomic E-state index is 12.2. The molecule has 0 bridgehead atoms. The lowest BCUT2D eigenvalue weighted by molar-refractivity contribution is 0.177. The van der Waals surface area contributed by atoms with Crippen molar-refractivity contribution >= 4 is 11.9 Å². The first-order valence-electron chi connectivity index (χ1n) is 8.04. The lowest BCUT2D eigenvalue weighted by Gasteiger charge is -2.21. The van der Waals surface area contributed by atoms with Crippen LogP contribution in [0.25, 0.3) is 11.4 Å². The van der Waals surface area contributed by atoms with E-state index >= 15 is 0 Å². The van der Waals surface area contributed by atoms with Crippen LogP contribution in [0.3, 0.4) is 0 Å². The Balaban J connectivity index is 1.79. The van der Waals surface area contributed by atoms with Crippen LogP contribution in [0.2, 0.25) is 0 Å². The smallest absolute Gasteiger partial charge is 0.415 e. The number of anilines is 1. The summed E-state index contributed by atoms with van der Waals surface area (Å²) in [6.45, 7) is 5.59. The largest absolute Gasteiger partial charge is 0.508 e. The SMILES string of the molecule is CC(C)[C@@H]1COC(=O)N1c1cn2c(n1)-c1ccc(O)cc1OCC2. The van der Waals surface area contributed by atoms with Gasteiger partial charge < -0.3 is 19.1 Å². The Morgan fingerprint density at radius 3 is 2.96 bits per heavy atom. The van der Waals surface area contributed by atoms with Gasteiger partial charge in [0.05, 0.1) is 18.2 Å². The minimum absolute atomic E-state index is 0.0211. The molecule has 2 aromatic rings. The van der Waals surface area contributed by atoms with Crippen LogP contribution in [0.4, 0.5) is 10.6 Å². The van der Waals surface area contributed by atoms with Gasteiger partial charge in [0.15, 0.2) is 5.82 Å². The Bertz CT molecular complexity index is 799. The molecular formula is C17H19N3O4. The number of amides is 1. The zero-order valence-corrected chi connectivity index (χ0v) is 13.6. The summed E-state index contributed by atoms with van der Waals surface area (Å²) in [5.41, 5.74) is 0.796. The molecule has 7 nitrogen and oxygen atoms in total. The van der Waals surface area contributed by atoms with Gasteiger partial charge >= 0.3 is 6.09 Å². The minimum Gasteiger partial charge on any atom is -0.508 e. The third-order valence-corrected chi connectivity index (χ3v) is 4.48. The average Bonchev–Trinajstić information content (AvgIpc) is 3.07. The monoisotopic (exact) mass is 329 g/mol. The highest BCUT2D eigenvalue weighted by atomic mass is 16.6. The summed E-state index contributed by atoms with van der Waals surface area (Å²) in [5, 5.41) is 9.66. The molecule has 0 spiro atoms. The molecule has 2 aliphatic heterocycles. The van der Waals surface area contributed by atoms with Crippen molar-refractivity contribution < 1.29 is 19.4 Å². The number of carbonyl (C=O) groups excluding carboxylic acids is 1. The van der Waals surface area contributed by atoms with Gasteiger partial charge in [-0.3, -0.25) is 4.90 Å². The molecular weight excluding hydrogens is 310 g/mol. The van der Waals surface area contributed by atoms with Crippen LogP contribution in [0.5, 0.6) is 11.5 Å². The van der Waals surface area contributed by atoms with Crippen LogP contribution < -0.4 is 9.64 Å². The van der Waals surface area contributed by atoms with Gasteiger partial charge in [-0.2, -0.15) is 0 Å². The number of phenols is 1. The number of fused-ring (bicyclic) bond motifs is 3. The average molecular weight is 329 g/mol. The molecule has 1 atom stereocenters. The zero-order chi connectivity index (χ0) is 16.8. The van der Waals surface area contributed by atoms with Crippen LogP contribution in [0.15, 0.2) is 24.4 Å². The molecule has 4 rings (SSSR count). The maximum Gasteiger partial charge on any atom is 0.415 e. The number of aromatic nitrogens is 2. The Labute approximate surface area is 139 Å². The third-order valence-electron chi connectivity index (χ3n) is 4.48. The summed E-state index contributed by atoms with van der Waals surface area (Å²) in [6, 6.07) is 4.95. The van der Waals surface area contributed by atoms with Gasteiger partial charge in [0.1, 0.15) is 30.5 Å². The van der Waals surface area contributed by atoms with Gasteiger partial charge in [-0.05, 0) is 18.1 Å². The van der Waals surface area contributed by atoms with Crippen LogP contribution in [0.1, 0.15) is 13.8 Å². The first-order chi connectivity index (χ1) is 11.5. The van der Waals surface area contributed by atoms with E-state index < -0.39 is 0 Å². The van der Waals surface area contributed by atoms with Crippen molar-refractivity contribution in [1.82, 2.24) is 9.55 Å². The van der Waals surface area contributed by atoms with E-state index in [0.717, 1.165) is 11.4 Å². The molecule has 0 aliphatic carbocycles. The maximum atomic E-state index is 12.2. The zero-order valence-electron chi connectivity index (χ0n) is 13.6. The molecule has 1 N–H and O–H groups in total. The predicted molar refractivity (Wildman–Crippen MR) is 87.3 cm³/mol. The molecule has 1 amide bonds. The highest BCUT2D eigenvalue weighted by Gasteiger charge is 2.38. The molecule has 126 valence electrons. The Morgan fingerprint density at radius 1 is 1.33 bits per heavy atom. The number of ether oxygens (including phenoxy) is 2. The quantitative estimate of drug-likeness (QED) is 0.916. The summed E-state index contributed by atoms with van der Waals surface area (Å²) in [5.74, 6) is 2.32. The first kappa shape index (κ1) is 14.9. The molecule has 1 aromatic heterocycles. The minimum atomic E-state index is -0.357. The molecule has 1 saturated heterocycles. The molecule has 2 aliphatic rings. The van der Waals surface area contributed by atoms with E-state index in [0.29, 0.717) is 31.3 Å². The van der Waals surface area contributed by atoms with Gasteiger partial charge in [-0.1, -0.05) is 13.8 Å². The van der Waals surface area contributed by atoms with Crippen molar-refractivity contribution in [3.05, 3.63) is 24.4 Å². The molecule has 0 radical (unpaired) electrons. The third kappa shape index (κ3) is 2.28. The number of rotatable bonds is 2. The lowest BCUT2D eigenvalue weighted by Crippen LogP contribution is -2.37. The number of hydrogen-bond acceptors (Lipinski definition) is 5. The summed E-state index contributed by atoms with van der Waals surface area (Å²) >= 11 is 0. The Hall–Kier alpha value is -2.70. The van der Waals surface area contributed by atoms with Crippen LogP contribution in [0, 0.1) is 5.92 Å². The number of hydrogen-bond donors (Lipinski definition) is 1. The van der Waals surface area contributed by atoms with Gasteiger partial charge in [0, 0.05) is 12.3 Å². The summed E-state index contributed by atoms with van der Waals surface area (Å²) in [4.78, 5) is 18.5. The number of aromatic hydroxyl groups is 1. The van der Waals surface area contributed by atoms with Crippen LogP contribution >= 0.6 is 0 Å². The van der Waals surface area contributed by atoms with Crippen molar-refractivity contribution in [2.75, 3.05) is 18.1 Å². The number of cyclic esters (lactones) is 1. The van der Waals surface area contributed by atoms with Crippen molar-refractivity contribution in [3.63, 3.8) is 0 Å². The van der Waals surface area contributed by atoms with Gasteiger partial charge in [-0.25, -0.2) is 9.78 Å². The van der Waals surface area contributed by atoms with E-state index in [1.165, 1.54) is 0 Å². The number of phenolic OH excluding ortho intramolecular Hbond substituents is 1. The summed E-state index contributed by atoms with van der Waals surface area (Å²) < 4.78 is 12.9. The molecule has 0 unspecified atom stereocenters. The van der Waals surface area contributed by atoms with Crippen LogP contribution in [-0.2, 0) is 11.3 Å². The number of carbonyl (C=O) groups is 1. The second kappa shape index (κ2) is 5.43. The van der Waals surface area contributed by atoms with Gasteiger partial charge in [0.2, 0.25) is 0 Å². The molecule has 7 heteroatoms. The van der Waals surface area contributed by atoms with Crippen molar-refractivity contribution in [1.29, 1.82) is 0 Å². The van der Waals surface area contributed by atoms with Crippen molar-refractivity contribution in [2.24, 2.45) is 5.92 Å². The van der Waals surface area contributed by atoms with Gasteiger partial charge in [0.25, 0.3) is 0 Å². The van der Waals surface area contributed by atoms with Crippen molar-refractivity contribution in [3.8, 4) is 22.9 Å².